The van der Waals surface area contributed by atoms with Crippen LogP contribution >= 0.6 is 0 Å². The van der Waals surface area contributed by atoms with Crippen LogP contribution in [0.4, 0.5) is 0 Å². The van der Waals surface area contributed by atoms with Crippen molar-refractivity contribution in [2.75, 3.05) is 13.7 Å². The second-order valence-corrected chi connectivity index (χ2v) is 3.41. The fraction of sp³-hybridized carbons (Fsp3) is 0.231. The van der Waals surface area contributed by atoms with Crippen LogP contribution in [-0.2, 0) is 4.74 Å². The van der Waals surface area contributed by atoms with E-state index in [0.29, 0.717) is 0 Å². The van der Waals surface area contributed by atoms with Gasteiger partial charge < -0.3 is 19.4 Å². The number of carbonyl (C=O) groups is 2. The van der Waals surface area contributed by atoms with E-state index in [1.807, 2.05) is 6.92 Å². The number of aromatic carboxylic acids is 1. The molecule has 0 amide bonds. The average Bonchev–Trinajstić information content (AvgIpc) is 2.37. The molecule has 5 nitrogen and oxygen atoms in total. The van der Waals surface area contributed by atoms with Crippen molar-refractivity contribution in [3.8, 4) is 5.75 Å². The summed E-state index contributed by atoms with van der Waals surface area (Å²) in [6, 6.07) is 3.90. The van der Waals surface area contributed by atoms with Crippen LogP contribution in [0.2, 0.25) is 0 Å². The van der Waals surface area contributed by atoms with Crippen LogP contribution in [-0.4, -0.2) is 25.7 Å². The Bertz CT molecular complexity index is 476. The molecular weight excluding hydrogens is 236 g/mol. The predicted molar refractivity (Wildman–Crippen MR) is 62.4 cm³/mol. The Morgan fingerprint density at radius 1 is 1.28 bits per heavy atom. The molecule has 0 unspecified atom stereocenters. The van der Waals surface area contributed by atoms with Gasteiger partial charge in [0, 0.05) is 5.56 Å². The van der Waals surface area contributed by atoms with Gasteiger partial charge in [0.15, 0.2) is 0 Å². The van der Waals surface area contributed by atoms with Crippen molar-refractivity contribution in [2.24, 2.45) is 0 Å². The number of ether oxygens (including phenoxy) is 2. The van der Waals surface area contributed by atoms with Crippen LogP contribution in [0.5, 0.6) is 5.75 Å². The van der Waals surface area contributed by atoms with E-state index < -0.39 is 11.9 Å². The highest BCUT2D eigenvalue weighted by molar-refractivity contribution is 5.94. The van der Waals surface area contributed by atoms with Crippen LogP contribution in [0.15, 0.2) is 30.4 Å². The largest absolute Gasteiger partial charge is 0.545 e. The zero-order chi connectivity index (χ0) is 13.5. The highest BCUT2D eigenvalue weighted by Crippen LogP contribution is 2.18. The van der Waals surface area contributed by atoms with Crippen LogP contribution in [0.25, 0.3) is 0 Å². The number of hydrogen-bond acceptors (Lipinski definition) is 5. The second-order valence-electron chi connectivity index (χ2n) is 3.41. The normalized spacial score (nSPS) is 10.3. The van der Waals surface area contributed by atoms with Crippen LogP contribution < -0.4 is 9.84 Å². The van der Waals surface area contributed by atoms with Gasteiger partial charge in [0.2, 0.25) is 0 Å². The fourth-order valence-electron chi connectivity index (χ4n) is 1.28. The highest BCUT2D eigenvalue weighted by atomic mass is 16.5. The van der Waals surface area contributed by atoms with Crippen LogP contribution in [0.3, 0.4) is 0 Å². The van der Waals surface area contributed by atoms with Crippen molar-refractivity contribution >= 4 is 11.9 Å². The number of carboxylic acid groups (broad SMARTS) is 1. The zero-order valence-electron chi connectivity index (χ0n) is 10.1. The van der Waals surface area contributed by atoms with E-state index in [4.69, 9.17) is 4.74 Å². The van der Waals surface area contributed by atoms with Crippen molar-refractivity contribution < 1.29 is 24.2 Å². The molecule has 1 aromatic carbocycles. The molecule has 0 atom stereocenters. The zero-order valence-corrected chi connectivity index (χ0v) is 10.1. The molecule has 0 aromatic heterocycles. The third-order valence-corrected chi connectivity index (χ3v) is 2.15. The molecule has 1 aromatic rings. The number of carboxylic acids is 1. The summed E-state index contributed by atoms with van der Waals surface area (Å²) in [6.07, 6.45) is 3.55. The highest BCUT2D eigenvalue weighted by Gasteiger charge is 2.10. The van der Waals surface area contributed by atoms with Gasteiger partial charge in [-0.05, 0) is 25.1 Å². The summed E-state index contributed by atoms with van der Waals surface area (Å²) in [5, 5.41) is 10.8. The first-order valence-electron chi connectivity index (χ1n) is 5.27. The average molecular weight is 249 g/mol. The number of hydrogen-bond donors (Lipinski definition) is 0. The first kappa shape index (κ1) is 13.8. The Balaban J connectivity index is 3.05. The molecule has 18 heavy (non-hydrogen) atoms. The SMILES string of the molecule is C/C=C/COc1cc(C(=O)[O-])cc(C(=O)OC)c1. The molecule has 96 valence electrons. The minimum Gasteiger partial charge on any atom is -0.545 e. The molecular formula is C13H13O5-. The van der Waals surface area contributed by atoms with E-state index in [0.717, 1.165) is 0 Å². The molecule has 0 aliphatic carbocycles. The van der Waals surface area contributed by atoms with Crippen molar-refractivity contribution in [3.63, 3.8) is 0 Å². The predicted octanol–water partition coefficient (Wildman–Crippen LogP) is 0.792. The van der Waals surface area contributed by atoms with E-state index in [9.17, 15) is 14.7 Å². The Morgan fingerprint density at radius 3 is 2.50 bits per heavy atom. The standard InChI is InChI=1S/C13H14O5/c1-3-4-5-18-11-7-9(12(14)15)6-10(8-11)13(16)17-2/h3-4,6-8H,5H2,1-2H3,(H,14,15)/p-1/b4-3+. The van der Waals surface area contributed by atoms with Gasteiger partial charge in [0.05, 0.1) is 18.6 Å². The van der Waals surface area contributed by atoms with Crippen molar-refractivity contribution in [3.05, 3.63) is 41.5 Å². The first-order chi connectivity index (χ1) is 8.58. The lowest BCUT2D eigenvalue weighted by atomic mass is 10.1. The molecule has 0 N–H and O–H groups in total. The van der Waals surface area contributed by atoms with Gasteiger partial charge in [-0.25, -0.2) is 4.79 Å². The molecule has 0 heterocycles. The van der Waals surface area contributed by atoms with E-state index in [2.05, 4.69) is 4.74 Å². The quantitative estimate of drug-likeness (QED) is 0.569. The van der Waals surface area contributed by atoms with Gasteiger partial charge in [0.1, 0.15) is 12.4 Å². The summed E-state index contributed by atoms with van der Waals surface area (Å²) in [5.41, 5.74) is -0.0249. The van der Waals surface area contributed by atoms with Gasteiger partial charge in [-0.1, -0.05) is 12.2 Å². The molecule has 0 radical (unpaired) electrons. The molecule has 0 bridgehead atoms. The maximum absolute atomic E-state index is 11.4. The molecule has 0 saturated heterocycles. The van der Waals surface area contributed by atoms with E-state index >= 15 is 0 Å². The lowest BCUT2D eigenvalue weighted by Gasteiger charge is -2.09. The van der Waals surface area contributed by atoms with E-state index in [-0.39, 0.29) is 23.5 Å². The van der Waals surface area contributed by atoms with Crippen LogP contribution in [0.1, 0.15) is 27.6 Å². The van der Waals surface area contributed by atoms with Crippen molar-refractivity contribution in [1.82, 2.24) is 0 Å². The summed E-state index contributed by atoms with van der Waals surface area (Å²) in [5.74, 6) is -1.74. The third-order valence-electron chi connectivity index (χ3n) is 2.15. The van der Waals surface area contributed by atoms with Gasteiger partial charge in [-0.3, -0.25) is 0 Å². The summed E-state index contributed by atoms with van der Waals surface area (Å²) < 4.78 is 9.82. The molecule has 0 spiro atoms. The van der Waals surface area contributed by atoms with Crippen LogP contribution in [0, 0.1) is 0 Å². The lowest BCUT2D eigenvalue weighted by molar-refractivity contribution is -0.255. The molecule has 0 aliphatic heterocycles. The fourth-order valence-corrected chi connectivity index (χ4v) is 1.28. The minimum absolute atomic E-state index is 0.106. The Labute approximate surface area is 105 Å². The van der Waals surface area contributed by atoms with Crippen molar-refractivity contribution in [2.45, 2.75) is 6.92 Å². The van der Waals surface area contributed by atoms with Gasteiger partial charge >= 0.3 is 5.97 Å². The topological polar surface area (TPSA) is 75.7 Å². The molecule has 1 rings (SSSR count). The number of allylic oxidation sites excluding steroid dienone is 1. The summed E-state index contributed by atoms with van der Waals surface area (Å²) in [4.78, 5) is 22.2. The summed E-state index contributed by atoms with van der Waals surface area (Å²) in [6.45, 7) is 2.12. The third kappa shape index (κ3) is 3.62. The maximum atomic E-state index is 11.4. The molecule has 0 saturated carbocycles. The first-order valence-corrected chi connectivity index (χ1v) is 5.27. The number of methoxy groups -OCH3 is 1. The van der Waals surface area contributed by atoms with E-state index in [1.54, 1.807) is 12.2 Å². The summed E-state index contributed by atoms with van der Waals surface area (Å²) >= 11 is 0. The monoisotopic (exact) mass is 249 g/mol. The summed E-state index contributed by atoms with van der Waals surface area (Å²) in [7, 11) is 1.22. The number of esters is 1. The molecule has 0 aliphatic rings. The Hall–Kier alpha value is -2.30. The molecule has 0 fully saturated rings. The van der Waals surface area contributed by atoms with Gasteiger partial charge in [0.25, 0.3) is 0 Å². The maximum Gasteiger partial charge on any atom is 0.338 e. The molecule has 5 heteroatoms. The number of rotatable bonds is 5. The lowest BCUT2D eigenvalue weighted by Crippen LogP contribution is -2.22. The van der Waals surface area contributed by atoms with Gasteiger partial charge in [-0.2, -0.15) is 0 Å². The number of carbonyl (C=O) groups excluding carboxylic acids is 2. The Morgan fingerprint density at radius 2 is 1.94 bits per heavy atom. The Kier molecular flexibility index (Phi) is 4.92. The smallest absolute Gasteiger partial charge is 0.338 e. The minimum atomic E-state index is -1.38. The van der Waals surface area contributed by atoms with Crippen molar-refractivity contribution in [1.29, 1.82) is 0 Å². The second kappa shape index (κ2) is 6.44. The van der Waals surface area contributed by atoms with E-state index in [1.165, 1.54) is 25.3 Å². The number of benzene rings is 1. The van der Waals surface area contributed by atoms with Gasteiger partial charge in [-0.15, -0.1) is 0 Å².